The SMILES string of the molecule is O=C(CNC(=O)[C@@H]1CC[C@@H]2CN1C(=O)N2OS(=O)(=O)O)[C@@H]1CCCN1. The number of carbonyl (C=O) groups excluding carboxylic acids is 3. The molecule has 0 aromatic carbocycles. The molecule has 3 heterocycles. The van der Waals surface area contributed by atoms with Crippen LogP contribution in [0.4, 0.5) is 4.79 Å². The van der Waals surface area contributed by atoms with Crippen molar-refractivity contribution < 1.29 is 31.6 Å². The summed E-state index contributed by atoms with van der Waals surface area (Å²) in [6.45, 7) is 0.772. The molecule has 3 fully saturated rings. The summed E-state index contributed by atoms with van der Waals surface area (Å²) in [4.78, 5) is 37.7. The maximum absolute atomic E-state index is 12.3. The summed E-state index contributed by atoms with van der Waals surface area (Å²) in [5.41, 5.74) is 0. The Bertz CT molecular complexity index is 676. The van der Waals surface area contributed by atoms with Gasteiger partial charge in [0, 0.05) is 6.54 Å². The molecule has 0 aliphatic carbocycles. The quantitative estimate of drug-likeness (QED) is 0.471. The first kappa shape index (κ1) is 18.0. The summed E-state index contributed by atoms with van der Waals surface area (Å²) >= 11 is 0. The summed E-state index contributed by atoms with van der Waals surface area (Å²) in [7, 11) is -4.82. The molecule has 0 saturated carbocycles. The number of hydroxylamine groups is 2. The smallest absolute Gasteiger partial charge is 0.347 e. The Labute approximate surface area is 144 Å². The number of urea groups is 1. The van der Waals surface area contributed by atoms with Gasteiger partial charge in [-0.15, -0.1) is 4.28 Å². The molecule has 0 spiro atoms. The van der Waals surface area contributed by atoms with Crippen molar-refractivity contribution in [2.24, 2.45) is 0 Å². The monoisotopic (exact) mass is 376 g/mol. The average molecular weight is 376 g/mol. The predicted octanol–water partition coefficient (Wildman–Crippen LogP) is -1.57. The first-order valence-corrected chi connectivity index (χ1v) is 9.43. The molecule has 3 N–H and O–H groups in total. The summed E-state index contributed by atoms with van der Waals surface area (Å²) in [5.74, 6) is -0.574. The van der Waals surface area contributed by atoms with Crippen LogP contribution in [0.25, 0.3) is 0 Å². The second-order valence-corrected chi connectivity index (χ2v) is 7.35. The molecular formula is C13H20N4O7S. The lowest BCUT2D eigenvalue weighted by molar-refractivity contribution is -0.129. The number of amides is 3. The van der Waals surface area contributed by atoms with Gasteiger partial charge in [-0.2, -0.15) is 13.5 Å². The van der Waals surface area contributed by atoms with Gasteiger partial charge in [0.25, 0.3) is 0 Å². The van der Waals surface area contributed by atoms with Crippen LogP contribution in [-0.2, 0) is 24.3 Å². The first-order valence-electron chi connectivity index (χ1n) is 8.07. The lowest BCUT2D eigenvalue weighted by atomic mass is 10.00. The number of ketones is 1. The van der Waals surface area contributed by atoms with Crippen LogP contribution in [0.3, 0.4) is 0 Å². The molecule has 3 aliphatic heterocycles. The van der Waals surface area contributed by atoms with E-state index in [0.29, 0.717) is 17.9 Å². The van der Waals surface area contributed by atoms with E-state index in [1.807, 2.05) is 0 Å². The Morgan fingerprint density at radius 1 is 1.32 bits per heavy atom. The number of nitrogens with zero attached hydrogens (tertiary/aromatic N) is 2. The van der Waals surface area contributed by atoms with Gasteiger partial charge in [-0.3, -0.25) is 14.1 Å². The van der Waals surface area contributed by atoms with Gasteiger partial charge < -0.3 is 15.5 Å². The van der Waals surface area contributed by atoms with Crippen LogP contribution < -0.4 is 10.6 Å². The number of hydrogen-bond donors (Lipinski definition) is 3. The third-order valence-corrected chi connectivity index (χ3v) is 5.03. The Morgan fingerprint density at radius 2 is 2.08 bits per heavy atom. The number of hydrogen-bond acceptors (Lipinski definition) is 7. The molecule has 3 aliphatic rings. The Hall–Kier alpha value is -1.76. The molecule has 0 unspecified atom stereocenters. The van der Waals surface area contributed by atoms with Gasteiger partial charge in [0.1, 0.15) is 6.04 Å². The van der Waals surface area contributed by atoms with Gasteiger partial charge in [-0.05, 0) is 32.2 Å². The molecule has 2 bridgehead atoms. The predicted molar refractivity (Wildman–Crippen MR) is 82.4 cm³/mol. The Morgan fingerprint density at radius 3 is 2.72 bits per heavy atom. The van der Waals surface area contributed by atoms with E-state index in [2.05, 4.69) is 14.9 Å². The standard InChI is InChI=1S/C13H20N4O7S/c18-11(9-2-1-5-14-9)6-15-12(19)10-4-3-8-7-16(10)13(20)17(8)24-25(21,22)23/h8-10,14H,1-7H2,(H,15,19)(H,21,22,23)/t8-,9+,10+/m1/s1. The van der Waals surface area contributed by atoms with Crippen LogP contribution >= 0.6 is 0 Å². The van der Waals surface area contributed by atoms with Gasteiger partial charge >= 0.3 is 16.4 Å². The Kier molecular flexibility index (Phi) is 4.95. The van der Waals surface area contributed by atoms with Crippen molar-refractivity contribution >= 4 is 28.1 Å². The molecule has 12 heteroatoms. The van der Waals surface area contributed by atoms with Crippen LogP contribution in [-0.4, -0.2) is 78.4 Å². The van der Waals surface area contributed by atoms with Crippen molar-refractivity contribution in [3.05, 3.63) is 0 Å². The number of rotatable bonds is 6. The van der Waals surface area contributed by atoms with Crippen molar-refractivity contribution in [2.45, 2.75) is 43.8 Å². The van der Waals surface area contributed by atoms with Crippen LogP contribution in [0.2, 0.25) is 0 Å². The highest BCUT2D eigenvalue weighted by Crippen LogP contribution is 2.30. The van der Waals surface area contributed by atoms with Gasteiger partial charge in [0.2, 0.25) is 5.91 Å². The largest absolute Gasteiger partial charge is 0.418 e. The molecule has 25 heavy (non-hydrogen) atoms. The summed E-state index contributed by atoms with van der Waals surface area (Å²) in [6, 6.07) is -2.40. The number of nitrogens with one attached hydrogen (secondary N) is 2. The van der Waals surface area contributed by atoms with Gasteiger partial charge in [0.05, 0.1) is 18.6 Å². The minimum atomic E-state index is -4.82. The van der Waals surface area contributed by atoms with E-state index in [1.165, 1.54) is 4.90 Å². The van der Waals surface area contributed by atoms with E-state index >= 15 is 0 Å². The van der Waals surface area contributed by atoms with Crippen molar-refractivity contribution in [3.8, 4) is 0 Å². The lowest BCUT2D eigenvalue weighted by Crippen LogP contribution is -2.51. The molecule has 0 radical (unpaired) electrons. The normalized spacial score (nSPS) is 29.2. The highest BCUT2D eigenvalue weighted by Gasteiger charge is 2.49. The fourth-order valence-corrected chi connectivity index (χ4v) is 3.87. The number of fused-ring (bicyclic) bond motifs is 2. The molecule has 0 aromatic rings. The van der Waals surface area contributed by atoms with E-state index in [1.54, 1.807) is 0 Å². The first-order chi connectivity index (χ1) is 11.8. The molecule has 3 saturated heterocycles. The maximum Gasteiger partial charge on any atom is 0.418 e. The van der Waals surface area contributed by atoms with Gasteiger partial charge in [-0.25, -0.2) is 4.79 Å². The van der Waals surface area contributed by atoms with Crippen LogP contribution in [0.5, 0.6) is 0 Å². The second-order valence-electron chi connectivity index (χ2n) is 6.34. The molecule has 3 atom stereocenters. The van der Waals surface area contributed by atoms with Crippen molar-refractivity contribution in [1.82, 2.24) is 20.6 Å². The van der Waals surface area contributed by atoms with Crippen molar-refractivity contribution in [2.75, 3.05) is 19.6 Å². The molecule has 0 aromatic heterocycles. The summed E-state index contributed by atoms with van der Waals surface area (Å²) in [6.07, 6.45) is 2.31. The highest BCUT2D eigenvalue weighted by molar-refractivity contribution is 7.80. The molecular weight excluding hydrogens is 356 g/mol. The fraction of sp³-hybridized carbons (Fsp3) is 0.769. The Balaban J connectivity index is 1.57. The minimum Gasteiger partial charge on any atom is -0.347 e. The summed E-state index contributed by atoms with van der Waals surface area (Å²) < 4.78 is 34.7. The fourth-order valence-electron chi connectivity index (χ4n) is 3.48. The zero-order valence-corrected chi connectivity index (χ0v) is 14.2. The third kappa shape index (κ3) is 3.92. The third-order valence-electron chi connectivity index (χ3n) is 4.69. The van der Waals surface area contributed by atoms with E-state index in [4.69, 9.17) is 4.55 Å². The zero-order valence-electron chi connectivity index (χ0n) is 13.4. The van der Waals surface area contributed by atoms with E-state index in [0.717, 1.165) is 19.4 Å². The molecule has 11 nitrogen and oxygen atoms in total. The topological polar surface area (TPSA) is 145 Å². The maximum atomic E-state index is 12.3. The zero-order chi connectivity index (χ0) is 18.2. The lowest BCUT2D eigenvalue weighted by Gasteiger charge is -2.29. The van der Waals surface area contributed by atoms with E-state index in [-0.39, 0.29) is 24.9 Å². The minimum absolute atomic E-state index is 0.108. The summed E-state index contributed by atoms with van der Waals surface area (Å²) in [5, 5.41) is 6.18. The highest BCUT2D eigenvalue weighted by atomic mass is 32.3. The molecule has 3 amide bonds. The van der Waals surface area contributed by atoms with Gasteiger partial charge in [0.15, 0.2) is 5.78 Å². The second kappa shape index (κ2) is 6.86. The van der Waals surface area contributed by atoms with Crippen LogP contribution in [0.1, 0.15) is 25.7 Å². The molecule has 3 rings (SSSR count). The van der Waals surface area contributed by atoms with E-state index < -0.39 is 34.4 Å². The van der Waals surface area contributed by atoms with Crippen LogP contribution in [0.15, 0.2) is 0 Å². The average Bonchev–Trinajstić information content (AvgIpc) is 3.16. The molecule has 140 valence electrons. The van der Waals surface area contributed by atoms with E-state index in [9.17, 15) is 22.8 Å². The number of carbonyl (C=O) groups is 3. The van der Waals surface area contributed by atoms with Crippen LogP contribution in [0, 0.1) is 0 Å². The van der Waals surface area contributed by atoms with Crippen molar-refractivity contribution in [3.63, 3.8) is 0 Å². The van der Waals surface area contributed by atoms with Gasteiger partial charge in [-0.1, -0.05) is 0 Å². The number of Topliss-reactive ketones (excluding diaryl/α,β-unsaturated/α-hetero) is 1. The van der Waals surface area contributed by atoms with Crippen molar-refractivity contribution in [1.29, 1.82) is 0 Å². The number of piperidine rings is 1.